The molecule has 10 nitrogen and oxygen atoms in total. The van der Waals surface area contributed by atoms with Gasteiger partial charge in [0.2, 0.25) is 17.7 Å². The summed E-state index contributed by atoms with van der Waals surface area (Å²) in [7, 11) is 0. The van der Waals surface area contributed by atoms with Crippen molar-refractivity contribution in [1.82, 2.24) is 16.0 Å². The van der Waals surface area contributed by atoms with E-state index in [0.717, 1.165) is 0 Å². The highest BCUT2D eigenvalue weighted by molar-refractivity contribution is 7.98. The minimum Gasteiger partial charge on any atom is -0.480 e. The molecule has 0 aliphatic carbocycles. The third-order valence-corrected chi connectivity index (χ3v) is 4.48. The van der Waals surface area contributed by atoms with Crippen LogP contribution in [0.2, 0.25) is 0 Å². The van der Waals surface area contributed by atoms with E-state index in [-0.39, 0.29) is 18.9 Å². The molecule has 4 atom stereocenters. The van der Waals surface area contributed by atoms with Gasteiger partial charge in [0.1, 0.15) is 12.1 Å². The molecule has 0 heterocycles. The molecule has 162 valence electrons. The second kappa shape index (κ2) is 13.3. The molecule has 3 amide bonds. The van der Waals surface area contributed by atoms with Gasteiger partial charge >= 0.3 is 5.97 Å². The Morgan fingerprint density at radius 2 is 1.57 bits per heavy atom. The van der Waals surface area contributed by atoms with Crippen LogP contribution in [-0.2, 0) is 19.2 Å². The number of amides is 3. The maximum absolute atomic E-state index is 12.6. The Balaban J connectivity index is 5.30. The van der Waals surface area contributed by atoms with Gasteiger partial charge in [-0.15, -0.1) is 0 Å². The molecule has 0 fully saturated rings. The molecule has 0 aromatic heterocycles. The van der Waals surface area contributed by atoms with Crippen LogP contribution in [0.25, 0.3) is 0 Å². The number of carboxylic acid groups (broad SMARTS) is 1. The fraction of sp³-hybridized carbons (Fsp3) is 0.765. The van der Waals surface area contributed by atoms with E-state index in [9.17, 15) is 24.3 Å². The number of carbonyl (C=O) groups excluding carboxylic acids is 3. The zero-order valence-electron chi connectivity index (χ0n) is 16.7. The highest BCUT2D eigenvalue weighted by atomic mass is 32.2. The van der Waals surface area contributed by atoms with Crippen molar-refractivity contribution in [3.8, 4) is 0 Å². The number of thioether (sulfide) groups is 1. The number of aliphatic hydroxyl groups is 1. The normalized spacial score (nSPS) is 15.2. The number of hydrogen-bond donors (Lipinski definition) is 6. The Morgan fingerprint density at radius 3 is 2.00 bits per heavy atom. The van der Waals surface area contributed by atoms with Gasteiger partial charge in [0.25, 0.3) is 0 Å². The smallest absolute Gasteiger partial charge is 0.328 e. The van der Waals surface area contributed by atoms with Crippen LogP contribution in [-0.4, -0.2) is 76.7 Å². The van der Waals surface area contributed by atoms with Crippen LogP contribution in [0.4, 0.5) is 0 Å². The number of carbonyl (C=O) groups is 4. The fourth-order valence-corrected chi connectivity index (χ4v) is 2.85. The standard InChI is InChI=1S/C17H32N4O6S/c1-9(2)7-12(16(25)21-14(10(3)22)17(26)27)20-15(24)11(5-6-28-4)19-13(23)8-18/h9-12,14,22H,5-8,18H2,1-4H3,(H,19,23)(H,20,24)(H,21,25)(H,26,27). The van der Waals surface area contributed by atoms with Gasteiger partial charge < -0.3 is 31.9 Å². The number of rotatable bonds is 13. The van der Waals surface area contributed by atoms with Gasteiger partial charge in [-0.3, -0.25) is 14.4 Å². The number of carboxylic acids is 1. The summed E-state index contributed by atoms with van der Waals surface area (Å²) >= 11 is 1.50. The van der Waals surface area contributed by atoms with Crippen LogP contribution >= 0.6 is 11.8 Å². The topological polar surface area (TPSA) is 171 Å². The lowest BCUT2D eigenvalue weighted by Gasteiger charge is -2.26. The van der Waals surface area contributed by atoms with Crippen molar-refractivity contribution in [2.75, 3.05) is 18.6 Å². The van der Waals surface area contributed by atoms with Gasteiger partial charge in [-0.25, -0.2) is 4.79 Å². The SMILES string of the molecule is CSCCC(NC(=O)CN)C(=O)NC(CC(C)C)C(=O)NC(C(=O)O)C(C)O. The number of hydrogen-bond acceptors (Lipinski definition) is 7. The van der Waals surface area contributed by atoms with E-state index in [0.29, 0.717) is 12.2 Å². The first-order chi connectivity index (χ1) is 13.0. The summed E-state index contributed by atoms with van der Waals surface area (Å²) in [5.74, 6) is -2.52. The Morgan fingerprint density at radius 1 is 1.00 bits per heavy atom. The average molecular weight is 421 g/mol. The summed E-state index contributed by atoms with van der Waals surface area (Å²) in [6.45, 7) is 4.66. The summed E-state index contributed by atoms with van der Waals surface area (Å²) in [5, 5.41) is 26.0. The number of aliphatic hydroxyl groups excluding tert-OH is 1. The second-order valence-electron chi connectivity index (χ2n) is 6.86. The molecule has 0 bridgehead atoms. The second-order valence-corrected chi connectivity index (χ2v) is 7.85. The van der Waals surface area contributed by atoms with E-state index in [2.05, 4.69) is 16.0 Å². The van der Waals surface area contributed by atoms with Crippen molar-refractivity contribution >= 4 is 35.5 Å². The average Bonchev–Trinajstić information content (AvgIpc) is 2.60. The Labute approximate surface area is 169 Å². The zero-order chi connectivity index (χ0) is 21.9. The van der Waals surface area contributed by atoms with Crippen molar-refractivity contribution in [1.29, 1.82) is 0 Å². The van der Waals surface area contributed by atoms with Gasteiger partial charge in [0, 0.05) is 0 Å². The van der Waals surface area contributed by atoms with Crippen LogP contribution in [0, 0.1) is 5.92 Å². The van der Waals surface area contributed by atoms with Crippen molar-refractivity contribution in [2.45, 2.75) is 57.8 Å². The molecular formula is C17H32N4O6S. The molecule has 0 aromatic rings. The first-order valence-electron chi connectivity index (χ1n) is 9.03. The Bertz CT molecular complexity index is 544. The Hall–Kier alpha value is -1.85. The van der Waals surface area contributed by atoms with Crippen LogP contribution in [0.5, 0.6) is 0 Å². The highest BCUT2D eigenvalue weighted by Crippen LogP contribution is 2.08. The van der Waals surface area contributed by atoms with E-state index in [1.807, 2.05) is 20.1 Å². The van der Waals surface area contributed by atoms with Crippen LogP contribution in [0.1, 0.15) is 33.6 Å². The largest absolute Gasteiger partial charge is 0.480 e. The van der Waals surface area contributed by atoms with E-state index in [4.69, 9.17) is 10.8 Å². The predicted molar refractivity (Wildman–Crippen MR) is 107 cm³/mol. The monoisotopic (exact) mass is 420 g/mol. The summed E-state index contributed by atoms with van der Waals surface area (Å²) in [6.07, 6.45) is 1.15. The Kier molecular flexibility index (Phi) is 12.5. The third kappa shape index (κ3) is 9.90. The minimum absolute atomic E-state index is 0.0224. The van der Waals surface area contributed by atoms with E-state index in [1.165, 1.54) is 18.7 Å². The van der Waals surface area contributed by atoms with Crippen molar-refractivity contribution in [3.05, 3.63) is 0 Å². The van der Waals surface area contributed by atoms with Gasteiger partial charge in [-0.05, 0) is 37.7 Å². The molecule has 0 aliphatic rings. The summed E-state index contributed by atoms with van der Waals surface area (Å²) < 4.78 is 0. The van der Waals surface area contributed by atoms with Gasteiger partial charge in [-0.2, -0.15) is 11.8 Å². The molecule has 0 radical (unpaired) electrons. The molecule has 0 spiro atoms. The maximum Gasteiger partial charge on any atom is 0.328 e. The molecule has 4 unspecified atom stereocenters. The summed E-state index contributed by atoms with van der Waals surface area (Å²) in [5.41, 5.74) is 5.28. The zero-order valence-corrected chi connectivity index (χ0v) is 17.5. The molecule has 0 saturated heterocycles. The summed E-state index contributed by atoms with van der Waals surface area (Å²) in [6, 6.07) is -3.37. The van der Waals surface area contributed by atoms with E-state index < -0.39 is 47.9 Å². The molecule has 0 saturated carbocycles. The van der Waals surface area contributed by atoms with Crippen molar-refractivity contribution < 1.29 is 29.4 Å². The molecule has 0 aromatic carbocycles. The van der Waals surface area contributed by atoms with Crippen molar-refractivity contribution in [2.24, 2.45) is 11.7 Å². The third-order valence-electron chi connectivity index (χ3n) is 3.83. The van der Waals surface area contributed by atoms with E-state index in [1.54, 1.807) is 0 Å². The lowest BCUT2D eigenvalue weighted by atomic mass is 10.0. The quantitative estimate of drug-likeness (QED) is 0.213. The van der Waals surface area contributed by atoms with Crippen LogP contribution in [0.3, 0.4) is 0 Å². The number of aliphatic carboxylic acids is 1. The molecule has 28 heavy (non-hydrogen) atoms. The number of nitrogens with one attached hydrogen (secondary N) is 3. The van der Waals surface area contributed by atoms with Gasteiger partial charge in [0.15, 0.2) is 6.04 Å². The predicted octanol–water partition coefficient (Wildman–Crippen LogP) is -1.34. The number of nitrogens with two attached hydrogens (primary N) is 1. The highest BCUT2D eigenvalue weighted by Gasteiger charge is 2.31. The summed E-state index contributed by atoms with van der Waals surface area (Å²) in [4.78, 5) is 48.0. The lowest BCUT2D eigenvalue weighted by molar-refractivity contribution is -0.145. The van der Waals surface area contributed by atoms with Crippen LogP contribution in [0.15, 0.2) is 0 Å². The minimum atomic E-state index is -1.50. The molecule has 0 aliphatic heterocycles. The molecular weight excluding hydrogens is 388 g/mol. The van der Waals surface area contributed by atoms with Gasteiger partial charge in [0.05, 0.1) is 12.6 Å². The lowest BCUT2D eigenvalue weighted by Crippen LogP contribution is -2.58. The van der Waals surface area contributed by atoms with E-state index >= 15 is 0 Å². The molecule has 0 rings (SSSR count). The maximum atomic E-state index is 12.6. The van der Waals surface area contributed by atoms with Crippen LogP contribution < -0.4 is 21.7 Å². The molecule has 7 N–H and O–H groups in total. The first kappa shape index (κ1) is 26.1. The van der Waals surface area contributed by atoms with Crippen molar-refractivity contribution in [3.63, 3.8) is 0 Å². The first-order valence-corrected chi connectivity index (χ1v) is 10.4. The van der Waals surface area contributed by atoms with Gasteiger partial charge in [-0.1, -0.05) is 13.8 Å². The fourth-order valence-electron chi connectivity index (χ4n) is 2.38. The molecule has 11 heteroatoms.